The van der Waals surface area contributed by atoms with Gasteiger partial charge in [0.1, 0.15) is 0 Å². The minimum absolute atomic E-state index is 0.0324. The van der Waals surface area contributed by atoms with E-state index in [9.17, 15) is 22.8 Å². The molecule has 0 unspecified atom stereocenters. The molecule has 18 heavy (non-hydrogen) atoms. The van der Waals surface area contributed by atoms with Gasteiger partial charge in [0.25, 0.3) is 0 Å². The van der Waals surface area contributed by atoms with Gasteiger partial charge >= 0.3 is 18.1 Å². The number of carboxylic acids is 1. The van der Waals surface area contributed by atoms with E-state index in [-0.39, 0.29) is 12.5 Å². The summed E-state index contributed by atoms with van der Waals surface area (Å²) in [4.78, 5) is 22.3. The molecule has 1 saturated carbocycles. The number of hydrogen-bond acceptors (Lipinski definition) is 2. The van der Waals surface area contributed by atoms with Crippen molar-refractivity contribution in [2.75, 3.05) is 13.6 Å². The smallest absolute Gasteiger partial charge is 0.471 e. The molecule has 4 nitrogen and oxygen atoms in total. The van der Waals surface area contributed by atoms with E-state index in [1.807, 2.05) is 0 Å². The summed E-state index contributed by atoms with van der Waals surface area (Å²) in [7, 11) is 1.12. The van der Waals surface area contributed by atoms with Gasteiger partial charge in [0.2, 0.25) is 0 Å². The Bertz CT molecular complexity index is 322. The van der Waals surface area contributed by atoms with E-state index in [0.717, 1.165) is 7.05 Å². The number of rotatable bonds is 3. The van der Waals surface area contributed by atoms with Gasteiger partial charge in [-0.15, -0.1) is 0 Å². The zero-order valence-corrected chi connectivity index (χ0v) is 10.0. The monoisotopic (exact) mass is 267 g/mol. The molecule has 1 aliphatic rings. The first-order chi connectivity index (χ1) is 8.21. The average Bonchev–Trinajstić information content (AvgIpc) is 2.27. The van der Waals surface area contributed by atoms with Crippen molar-refractivity contribution in [3.05, 3.63) is 0 Å². The van der Waals surface area contributed by atoms with Crippen LogP contribution < -0.4 is 0 Å². The number of carboxylic acid groups (broad SMARTS) is 1. The van der Waals surface area contributed by atoms with Crippen molar-refractivity contribution in [1.82, 2.24) is 4.90 Å². The number of carbonyl (C=O) groups excluding carboxylic acids is 1. The van der Waals surface area contributed by atoms with E-state index in [4.69, 9.17) is 5.11 Å². The largest absolute Gasteiger partial charge is 0.481 e. The predicted molar refractivity (Wildman–Crippen MR) is 56.8 cm³/mol. The Hall–Kier alpha value is -1.27. The summed E-state index contributed by atoms with van der Waals surface area (Å²) in [6, 6.07) is 0. The molecule has 1 amide bonds. The molecule has 0 aliphatic heterocycles. The van der Waals surface area contributed by atoms with E-state index < -0.39 is 24.0 Å². The predicted octanol–water partition coefficient (Wildman–Crippen LogP) is 1.90. The molecule has 0 aromatic rings. The third-order valence-corrected chi connectivity index (χ3v) is 3.32. The van der Waals surface area contributed by atoms with Crippen LogP contribution in [0.3, 0.4) is 0 Å². The van der Waals surface area contributed by atoms with Crippen molar-refractivity contribution in [2.24, 2.45) is 11.8 Å². The highest BCUT2D eigenvalue weighted by Gasteiger charge is 2.41. The van der Waals surface area contributed by atoms with Gasteiger partial charge in [0, 0.05) is 13.6 Å². The Kier molecular flexibility index (Phi) is 4.59. The maximum Gasteiger partial charge on any atom is 0.471 e. The molecule has 104 valence electrons. The number of aliphatic carboxylic acids is 1. The minimum atomic E-state index is -4.84. The van der Waals surface area contributed by atoms with Crippen molar-refractivity contribution in [2.45, 2.75) is 31.9 Å². The Labute approximate surface area is 103 Å². The lowest BCUT2D eigenvalue weighted by Crippen LogP contribution is -2.41. The second kappa shape index (κ2) is 5.58. The summed E-state index contributed by atoms with van der Waals surface area (Å²) in [5.74, 6) is -3.14. The molecule has 0 saturated heterocycles. The van der Waals surface area contributed by atoms with Crippen molar-refractivity contribution < 1.29 is 27.9 Å². The van der Waals surface area contributed by atoms with E-state index in [0.29, 0.717) is 30.6 Å². The van der Waals surface area contributed by atoms with Gasteiger partial charge in [-0.2, -0.15) is 13.2 Å². The Morgan fingerprint density at radius 2 is 1.72 bits per heavy atom. The number of carbonyl (C=O) groups is 2. The van der Waals surface area contributed by atoms with Crippen molar-refractivity contribution in [3.8, 4) is 0 Å². The fourth-order valence-corrected chi connectivity index (χ4v) is 2.28. The molecule has 1 fully saturated rings. The number of nitrogens with zero attached hydrogens (tertiary/aromatic N) is 1. The quantitative estimate of drug-likeness (QED) is 0.849. The molecule has 0 aromatic heterocycles. The van der Waals surface area contributed by atoms with Crippen LogP contribution in [0.5, 0.6) is 0 Å². The fraction of sp³-hybridized carbons (Fsp3) is 0.818. The normalized spacial score (nSPS) is 24.7. The lowest BCUT2D eigenvalue weighted by molar-refractivity contribution is -0.184. The first kappa shape index (κ1) is 14.8. The van der Waals surface area contributed by atoms with E-state index >= 15 is 0 Å². The molecule has 0 heterocycles. The van der Waals surface area contributed by atoms with Gasteiger partial charge in [0.05, 0.1) is 5.92 Å². The summed E-state index contributed by atoms with van der Waals surface area (Å²) in [6.45, 7) is 0.0324. The highest BCUT2D eigenvalue weighted by molar-refractivity contribution is 5.81. The SMILES string of the molecule is CN(CC1CCC(C(=O)O)CC1)C(=O)C(F)(F)F. The second-order valence-electron chi connectivity index (χ2n) is 4.74. The first-order valence-electron chi connectivity index (χ1n) is 5.77. The summed E-state index contributed by atoms with van der Waals surface area (Å²) in [6.07, 6.45) is -2.81. The standard InChI is InChI=1S/C11H16F3NO3/c1-15(10(18)11(12,13)14)6-7-2-4-8(5-3-7)9(16)17/h7-8H,2-6H2,1H3,(H,16,17). The highest BCUT2D eigenvalue weighted by Crippen LogP contribution is 2.30. The van der Waals surface area contributed by atoms with Crippen LogP contribution in [0, 0.1) is 11.8 Å². The van der Waals surface area contributed by atoms with E-state index in [1.165, 1.54) is 0 Å². The van der Waals surface area contributed by atoms with Gasteiger partial charge < -0.3 is 10.0 Å². The molecule has 0 aromatic carbocycles. The van der Waals surface area contributed by atoms with Gasteiger partial charge in [-0.25, -0.2) is 0 Å². The Balaban J connectivity index is 2.42. The molecule has 0 bridgehead atoms. The summed E-state index contributed by atoms with van der Waals surface area (Å²) in [5.41, 5.74) is 0. The molecule has 1 aliphatic carbocycles. The molecule has 0 atom stereocenters. The Morgan fingerprint density at radius 3 is 2.11 bits per heavy atom. The van der Waals surface area contributed by atoms with Crippen molar-refractivity contribution in [1.29, 1.82) is 0 Å². The second-order valence-corrected chi connectivity index (χ2v) is 4.74. The van der Waals surface area contributed by atoms with Crippen molar-refractivity contribution in [3.63, 3.8) is 0 Å². The summed E-state index contributed by atoms with van der Waals surface area (Å²) in [5, 5.41) is 8.79. The summed E-state index contributed by atoms with van der Waals surface area (Å²) >= 11 is 0. The minimum Gasteiger partial charge on any atom is -0.481 e. The Morgan fingerprint density at radius 1 is 1.22 bits per heavy atom. The van der Waals surface area contributed by atoms with Crippen LogP contribution in [0.1, 0.15) is 25.7 Å². The zero-order valence-electron chi connectivity index (χ0n) is 10.0. The van der Waals surface area contributed by atoms with Gasteiger partial charge in [-0.05, 0) is 31.6 Å². The molecule has 7 heteroatoms. The number of hydrogen-bond donors (Lipinski definition) is 1. The van der Waals surface area contributed by atoms with Crippen LogP contribution >= 0.6 is 0 Å². The van der Waals surface area contributed by atoms with Gasteiger partial charge in [-0.1, -0.05) is 0 Å². The summed E-state index contributed by atoms with van der Waals surface area (Å²) < 4.78 is 36.5. The third-order valence-electron chi connectivity index (χ3n) is 3.32. The molecular formula is C11H16F3NO3. The van der Waals surface area contributed by atoms with Gasteiger partial charge in [-0.3, -0.25) is 9.59 Å². The lowest BCUT2D eigenvalue weighted by atomic mass is 9.82. The fourth-order valence-electron chi connectivity index (χ4n) is 2.28. The van der Waals surface area contributed by atoms with Crippen LogP contribution in [0.4, 0.5) is 13.2 Å². The van der Waals surface area contributed by atoms with E-state index in [2.05, 4.69) is 0 Å². The number of alkyl halides is 3. The average molecular weight is 267 g/mol. The maximum absolute atomic E-state index is 12.2. The van der Waals surface area contributed by atoms with Crippen LogP contribution in [-0.2, 0) is 9.59 Å². The third kappa shape index (κ3) is 3.89. The molecule has 0 radical (unpaired) electrons. The number of halogens is 3. The van der Waals surface area contributed by atoms with Crippen LogP contribution in [0.2, 0.25) is 0 Å². The molecule has 0 spiro atoms. The molecular weight excluding hydrogens is 251 g/mol. The van der Waals surface area contributed by atoms with Crippen LogP contribution in [0.25, 0.3) is 0 Å². The number of amides is 1. The van der Waals surface area contributed by atoms with Gasteiger partial charge in [0.15, 0.2) is 0 Å². The van der Waals surface area contributed by atoms with Crippen LogP contribution in [-0.4, -0.2) is 41.7 Å². The maximum atomic E-state index is 12.2. The molecule has 1 rings (SSSR count). The topological polar surface area (TPSA) is 57.6 Å². The lowest BCUT2D eigenvalue weighted by Gasteiger charge is -2.29. The zero-order chi connectivity index (χ0) is 13.9. The molecule has 1 N–H and O–H groups in total. The van der Waals surface area contributed by atoms with E-state index in [1.54, 1.807) is 0 Å². The highest BCUT2D eigenvalue weighted by atomic mass is 19.4. The van der Waals surface area contributed by atoms with Crippen LogP contribution in [0.15, 0.2) is 0 Å². The first-order valence-corrected chi connectivity index (χ1v) is 5.77. The van der Waals surface area contributed by atoms with Crippen molar-refractivity contribution >= 4 is 11.9 Å².